The van der Waals surface area contributed by atoms with Gasteiger partial charge in [-0.15, -0.1) is 0 Å². The smallest absolute Gasteiger partial charge is 0.410 e. The Morgan fingerprint density at radius 2 is 1.93 bits per heavy atom. The van der Waals surface area contributed by atoms with Crippen LogP contribution < -0.4 is 0 Å². The minimum absolute atomic E-state index is 0.0900. The van der Waals surface area contributed by atoms with E-state index in [1.807, 2.05) is 42.5 Å². The number of nitrogens with zero attached hydrogens (tertiary/aromatic N) is 3. The van der Waals surface area contributed by atoms with Crippen LogP contribution in [0.3, 0.4) is 0 Å². The lowest BCUT2D eigenvalue weighted by molar-refractivity contribution is -0.00876. The number of carbonyl (C=O) groups excluding carboxylic acids is 1. The SMILES string of the molecule is CC(C)(C)OC(=O)N1CCCC(F)(c2nc3nc(-c4ccccc4)ccc3[nH]2)C1. The molecule has 1 unspecified atom stereocenters. The topological polar surface area (TPSA) is 71.1 Å². The van der Waals surface area contributed by atoms with Crippen LogP contribution >= 0.6 is 0 Å². The van der Waals surface area contributed by atoms with Crippen LogP contribution in [-0.4, -0.2) is 44.6 Å². The van der Waals surface area contributed by atoms with Crippen LogP contribution in [-0.2, 0) is 10.4 Å². The van der Waals surface area contributed by atoms with Gasteiger partial charge in [0.05, 0.1) is 17.8 Å². The van der Waals surface area contributed by atoms with Crippen LogP contribution in [0.2, 0.25) is 0 Å². The third-order valence-corrected chi connectivity index (χ3v) is 4.93. The van der Waals surface area contributed by atoms with E-state index in [-0.39, 0.29) is 18.8 Å². The summed E-state index contributed by atoms with van der Waals surface area (Å²) < 4.78 is 21.2. The van der Waals surface area contributed by atoms with Gasteiger partial charge in [0.2, 0.25) is 0 Å². The van der Waals surface area contributed by atoms with Gasteiger partial charge in [0, 0.05) is 12.1 Å². The molecule has 0 spiro atoms. The summed E-state index contributed by atoms with van der Waals surface area (Å²) in [5.74, 6) is 0.207. The van der Waals surface area contributed by atoms with Gasteiger partial charge in [0.25, 0.3) is 0 Å². The Labute approximate surface area is 169 Å². The van der Waals surface area contributed by atoms with Crippen LogP contribution in [0.15, 0.2) is 42.5 Å². The highest BCUT2D eigenvalue weighted by molar-refractivity contribution is 5.75. The lowest BCUT2D eigenvalue weighted by Crippen LogP contribution is -2.48. The molecule has 1 amide bonds. The molecule has 1 saturated heterocycles. The van der Waals surface area contributed by atoms with Gasteiger partial charge < -0.3 is 14.6 Å². The van der Waals surface area contributed by atoms with Crippen molar-refractivity contribution in [2.45, 2.75) is 44.9 Å². The minimum atomic E-state index is -1.76. The molecule has 0 saturated carbocycles. The van der Waals surface area contributed by atoms with Gasteiger partial charge in [0.1, 0.15) is 11.4 Å². The molecular formula is C22H25FN4O2. The van der Waals surface area contributed by atoms with Gasteiger partial charge in [0.15, 0.2) is 11.3 Å². The molecule has 1 atom stereocenters. The molecule has 4 rings (SSSR count). The van der Waals surface area contributed by atoms with E-state index in [1.165, 1.54) is 4.90 Å². The summed E-state index contributed by atoms with van der Waals surface area (Å²) in [5.41, 5.74) is 0.512. The summed E-state index contributed by atoms with van der Waals surface area (Å²) in [6.45, 7) is 5.77. The molecule has 29 heavy (non-hydrogen) atoms. The molecule has 0 bridgehead atoms. The number of nitrogens with one attached hydrogen (secondary N) is 1. The Bertz CT molecular complexity index is 1030. The maximum Gasteiger partial charge on any atom is 0.410 e. The maximum absolute atomic E-state index is 15.8. The number of H-pyrrole nitrogens is 1. The Hall–Kier alpha value is -2.96. The van der Waals surface area contributed by atoms with Gasteiger partial charge in [-0.3, -0.25) is 0 Å². The fourth-order valence-corrected chi connectivity index (χ4v) is 3.56. The molecule has 1 aliphatic heterocycles. The van der Waals surface area contributed by atoms with Crippen molar-refractivity contribution < 1.29 is 13.9 Å². The predicted octanol–water partition coefficient (Wildman–Crippen LogP) is 4.82. The largest absolute Gasteiger partial charge is 0.444 e. The first-order chi connectivity index (χ1) is 13.7. The second-order valence-corrected chi connectivity index (χ2v) is 8.49. The van der Waals surface area contributed by atoms with Gasteiger partial charge in [-0.05, 0) is 45.7 Å². The number of imidazole rings is 1. The van der Waals surface area contributed by atoms with Gasteiger partial charge in [-0.25, -0.2) is 19.2 Å². The average molecular weight is 396 g/mol. The normalized spacial score (nSPS) is 20.1. The zero-order chi connectivity index (χ0) is 20.6. The standard InChI is InChI=1S/C22H25FN4O2/c1-21(2,3)29-20(28)27-13-7-12-22(23,14-27)19-25-17-11-10-16(24-18(17)26-19)15-8-5-4-6-9-15/h4-6,8-11H,7,12-14H2,1-3H3,(H,24,25,26). The third kappa shape index (κ3) is 4.09. The Balaban J connectivity index is 1.60. The molecule has 7 heteroatoms. The molecule has 6 nitrogen and oxygen atoms in total. The Morgan fingerprint density at radius 3 is 2.66 bits per heavy atom. The molecule has 0 radical (unpaired) electrons. The number of ether oxygens (including phenoxy) is 1. The number of benzene rings is 1. The van der Waals surface area contributed by atoms with E-state index in [1.54, 1.807) is 20.8 Å². The number of amides is 1. The number of likely N-dealkylation sites (tertiary alicyclic amines) is 1. The number of hydrogen-bond donors (Lipinski definition) is 1. The highest BCUT2D eigenvalue weighted by Crippen LogP contribution is 2.35. The Morgan fingerprint density at radius 1 is 1.17 bits per heavy atom. The van der Waals surface area contributed by atoms with E-state index in [9.17, 15) is 4.79 Å². The monoisotopic (exact) mass is 396 g/mol. The number of aromatic amines is 1. The van der Waals surface area contributed by atoms with Crippen molar-refractivity contribution >= 4 is 17.3 Å². The van der Waals surface area contributed by atoms with E-state index in [2.05, 4.69) is 15.0 Å². The number of rotatable bonds is 2. The van der Waals surface area contributed by atoms with Crippen LogP contribution in [0.1, 0.15) is 39.4 Å². The molecule has 1 aliphatic rings. The third-order valence-electron chi connectivity index (χ3n) is 4.93. The molecule has 3 heterocycles. The zero-order valence-electron chi connectivity index (χ0n) is 16.9. The quantitative estimate of drug-likeness (QED) is 0.674. The van der Waals surface area contributed by atoms with Gasteiger partial charge in [-0.2, -0.15) is 0 Å². The summed E-state index contributed by atoms with van der Waals surface area (Å²) in [5, 5.41) is 0. The number of carbonyl (C=O) groups is 1. The first-order valence-electron chi connectivity index (χ1n) is 9.83. The van der Waals surface area contributed by atoms with Crippen LogP contribution in [0.4, 0.5) is 9.18 Å². The molecule has 2 aromatic heterocycles. The van der Waals surface area contributed by atoms with E-state index < -0.39 is 17.4 Å². The van der Waals surface area contributed by atoms with Crippen LogP contribution in [0, 0.1) is 0 Å². The summed E-state index contributed by atoms with van der Waals surface area (Å²) >= 11 is 0. The molecule has 152 valence electrons. The fraction of sp³-hybridized carbons (Fsp3) is 0.409. The van der Waals surface area contributed by atoms with Crippen molar-refractivity contribution in [2.24, 2.45) is 0 Å². The number of hydrogen-bond acceptors (Lipinski definition) is 4. The van der Waals surface area contributed by atoms with E-state index >= 15 is 4.39 Å². The minimum Gasteiger partial charge on any atom is -0.444 e. The maximum atomic E-state index is 15.8. The van der Waals surface area contributed by atoms with Gasteiger partial charge >= 0.3 is 6.09 Å². The molecule has 1 N–H and O–H groups in total. The number of fused-ring (bicyclic) bond motifs is 1. The van der Waals surface area contributed by atoms with Gasteiger partial charge in [-0.1, -0.05) is 30.3 Å². The van der Waals surface area contributed by atoms with Crippen molar-refractivity contribution in [3.8, 4) is 11.3 Å². The van der Waals surface area contributed by atoms with E-state index in [0.717, 1.165) is 11.3 Å². The van der Waals surface area contributed by atoms with Crippen LogP contribution in [0.25, 0.3) is 22.4 Å². The van der Waals surface area contributed by atoms with E-state index in [4.69, 9.17) is 4.74 Å². The lowest BCUT2D eigenvalue weighted by Gasteiger charge is -2.36. The average Bonchev–Trinajstić information content (AvgIpc) is 3.12. The fourth-order valence-electron chi connectivity index (χ4n) is 3.56. The second kappa shape index (κ2) is 7.13. The number of halogens is 1. The molecule has 3 aromatic rings. The summed E-state index contributed by atoms with van der Waals surface area (Å²) in [7, 11) is 0. The van der Waals surface area contributed by atoms with Crippen molar-refractivity contribution in [1.82, 2.24) is 19.9 Å². The lowest BCUT2D eigenvalue weighted by atomic mass is 9.94. The highest BCUT2D eigenvalue weighted by atomic mass is 19.1. The first kappa shape index (κ1) is 19.4. The van der Waals surface area contributed by atoms with E-state index in [0.29, 0.717) is 24.1 Å². The number of piperidine rings is 1. The number of pyridine rings is 1. The Kier molecular flexibility index (Phi) is 4.76. The van der Waals surface area contributed by atoms with Crippen molar-refractivity contribution in [3.63, 3.8) is 0 Å². The highest BCUT2D eigenvalue weighted by Gasteiger charge is 2.42. The summed E-state index contributed by atoms with van der Waals surface area (Å²) in [4.78, 5) is 25.9. The first-order valence-corrected chi connectivity index (χ1v) is 9.83. The molecule has 1 fully saturated rings. The van der Waals surface area contributed by atoms with Crippen molar-refractivity contribution in [1.29, 1.82) is 0 Å². The van der Waals surface area contributed by atoms with Crippen molar-refractivity contribution in [3.05, 3.63) is 48.3 Å². The second-order valence-electron chi connectivity index (χ2n) is 8.49. The molecule has 0 aliphatic carbocycles. The number of aromatic nitrogens is 3. The van der Waals surface area contributed by atoms with Crippen molar-refractivity contribution in [2.75, 3.05) is 13.1 Å². The number of alkyl halides is 1. The summed E-state index contributed by atoms with van der Waals surface area (Å²) in [6.07, 6.45) is 0.326. The zero-order valence-corrected chi connectivity index (χ0v) is 16.9. The molecular weight excluding hydrogens is 371 g/mol. The predicted molar refractivity (Wildman–Crippen MR) is 109 cm³/mol. The summed E-state index contributed by atoms with van der Waals surface area (Å²) in [6, 6.07) is 13.5. The molecule has 1 aromatic carbocycles. The van der Waals surface area contributed by atoms with Crippen LogP contribution in [0.5, 0.6) is 0 Å².